The number of carbonyl (C=O) groups excluding carboxylic acids is 2. The van der Waals surface area contributed by atoms with Gasteiger partial charge in [0.1, 0.15) is 6.54 Å². The molecule has 9 nitrogen and oxygen atoms in total. The average molecular weight is 448 g/mol. The molecule has 166 valence electrons. The predicted octanol–water partition coefficient (Wildman–Crippen LogP) is 2.35. The van der Waals surface area contributed by atoms with Crippen molar-refractivity contribution in [3.8, 4) is 11.5 Å². The van der Waals surface area contributed by atoms with E-state index < -0.39 is 22.5 Å². The lowest BCUT2D eigenvalue weighted by molar-refractivity contribution is -0.114. The fraction of sp³-hybridized carbons (Fsp3) is 0.333. The number of fused-ring (bicyclic) bond motifs is 1. The van der Waals surface area contributed by atoms with E-state index in [-0.39, 0.29) is 24.4 Å². The van der Waals surface area contributed by atoms with Crippen LogP contribution in [0.15, 0.2) is 42.5 Å². The Balaban J connectivity index is 1.79. The molecule has 31 heavy (non-hydrogen) atoms. The lowest BCUT2D eigenvalue weighted by atomic mass is 10.1. The van der Waals surface area contributed by atoms with E-state index in [1.807, 2.05) is 13.8 Å². The van der Waals surface area contributed by atoms with Crippen LogP contribution < -0.4 is 24.4 Å². The number of para-hydroxylation sites is 1. The first-order valence-corrected chi connectivity index (χ1v) is 11.6. The molecular weight excluding hydrogens is 422 g/mol. The van der Waals surface area contributed by atoms with Crippen molar-refractivity contribution in [3.05, 3.63) is 48.0 Å². The van der Waals surface area contributed by atoms with E-state index in [0.29, 0.717) is 22.7 Å². The second-order valence-corrected chi connectivity index (χ2v) is 9.09. The van der Waals surface area contributed by atoms with E-state index in [4.69, 9.17) is 9.47 Å². The number of hydrogen-bond donors (Lipinski definition) is 2. The van der Waals surface area contributed by atoms with Crippen LogP contribution in [0.5, 0.6) is 11.5 Å². The predicted molar refractivity (Wildman–Crippen MR) is 117 cm³/mol. The normalized spacial score (nSPS) is 13.4. The van der Waals surface area contributed by atoms with Gasteiger partial charge in [-0.25, -0.2) is 8.42 Å². The third-order valence-electron chi connectivity index (χ3n) is 4.77. The fourth-order valence-corrected chi connectivity index (χ4v) is 3.80. The summed E-state index contributed by atoms with van der Waals surface area (Å²) in [6, 6.07) is 11.2. The topological polar surface area (TPSA) is 114 Å². The number of nitrogens with one attached hydrogen (secondary N) is 2. The van der Waals surface area contributed by atoms with Crippen LogP contribution in [0, 0.1) is 0 Å². The van der Waals surface area contributed by atoms with Crippen molar-refractivity contribution in [1.82, 2.24) is 5.32 Å². The Morgan fingerprint density at radius 2 is 1.84 bits per heavy atom. The number of amides is 2. The molecule has 1 atom stereocenters. The molecule has 1 heterocycles. The van der Waals surface area contributed by atoms with Crippen LogP contribution in [0.25, 0.3) is 0 Å². The highest BCUT2D eigenvalue weighted by molar-refractivity contribution is 7.92. The molecule has 1 aliphatic rings. The minimum Gasteiger partial charge on any atom is -0.454 e. The fourth-order valence-electron chi connectivity index (χ4n) is 2.95. The second-order valence-electron chi connectivity index (χ2n) is 7.18. The first-order chi connectivity index (χ1) is 14.7. The monoisotopic (exact) mass is 447 g/mol. The summed E-state index contributed by atoms with van der Waals surface area (Å²) < 4.78 is 36.2. The van der Waals surface area contributed by atoms with Gasteiger partial charge in [0.15, 0.2) is 11.5 Å². The minimum absolute atomic E-state index is 0.0250. The number of carbonyl (C=O) groups is 2. The van der Waals surface area contributed by atoms with Crippen molar-refractivity contribution in [1.29, 1.82) is 0 Å². The molecule has 10 heteroatoms. The molecule has 0 aromatic heterocycles. The molecule has 2 aromatic rings. The standard InChI is InChI=1S/C21H25N3O6S/c1-4-14(2)22-21(26)16-7-5-6-8-17(16)23-20(25)12-24(31(3,27)28)15-9-10-18-19(11-15)30-13-29-18/h5-11,14H,4,12-13H2,1-3H3,(H,22,26)(H,23,25). The van der Waals surface area contributed by atoms with Gasteiger partial charge in [-0.15, -0.1) is 0 Å². The molecule has 0 aliphatic carbocycles. The molecule has 0 radical (unpaired) electrons. The molecule has 0 fully saturated rings. The summed E-state index contributed by atoms with van der Waals surface area (Å²) in [6.45, 7) is 3.41. The van der Waals surface area contributed by atoms with Crippen molar-refractivity contribution in [2.24, 2.45) is 0 Å². The quantitative estimate of drug-likeness (QED) is 0.642. The van der Waals surface area contributed by atoms with Crippen LogP contribution in [0.1, 0.15) is 30.6 Å². The Morgan fingerprint density at radius 1 is 1.13 bits per heavy atom. The first kappa shape index (κ1) is 22.4. The maximum Gasteiger partial charge on any atom is 0.253 e. The number of hydrogen-bond acceptors (Lipinski definition) is 6. The molecule has 2 amide bonds. The van der Waals surface area contributed by atoms with Crippen LogP contribution in [0.2, 0.25) is 0 Å². The second kappa shape index (κ2) is 9.25. The number of anilines is 2. The molecule has 2 aromatic carbocycles. The van der Waals surface area contributed by atoms with Crippen molar-refractivity contribution in [3.63, 3.8) is 0 Å². The third kappa shape index (κ3) is 5.46. The minimum atomic E-state index is -3.77. The molecule has 2 N–H and O–H groups in total. The van der Waals surface area contributed by atoms with Gasteiger partial charge in [-0.05, 0) is 37.6 Å². The van der Waals surface area contributed by atoms with Crippen LogP contribution in [0.3, 0.4) is 0 Å². The third-order valence-corrected chi connectivity index (χ3v) is 5.91. The summed E-state index contributed by atoms with van der Waals surface area (Å²) in [7, 11) is -3.77. The van der Waals surface area contributed by atoms with Gasteiger partial charge < -0.3 is 20.1 Å². The van der Waals surface area contributed by atoms with E-state index in [1.54, 1.807) is 30.3 Å². The highest BCUT2D eigenvalue weighted by Crippen LogP contribution is 2.36. The van der Waals surface area contributed by atoms with E-state index in [2.05, 4.69) is 10.6 Å². The summed E-state index contributed by atoms with van der Waals surface area (Å²) in [5.74, 6) is -0.00519. The number of nitrogens with zero attached hydrogens (tertiary/aromatic N) is 1. The maximum atomic E-state index is 12.7. The molecule has 0 saturated carbocycles. The lowest BCUT2D eigenvalue weighted by Gasteiger charge is -2.22. The zero-order chi connectivity index (χ0) is 22.6. The SMILES string of the molecule is CCC(C)NC(=O)c1ccccc1NC(=O)CN(c1ccc2c(c1)OCO2)S(C)(=O)=O. The van der Waals surface area contributed by atoms with Gasteiger partial charge in [0, 0.05) is 12.1 Å². The zero-order valence-electron chi connectivity index (χ0n) is 17.5. The highest BCUT2D eigenvalue weighted by Gasteiger charge is 2.24. The van der Waals surface area contributed by atoms with E-state index >= 15 is 0 Å². The Bertz CT molecular complexity index is 1090. The van der Waals surface area contributed by atoms with Gasteiger partial charge in [0.25, 0.3) is 5.91 Å². The molecule has 1 unspecified atom stereocenters. The average Bonchev–Trinajstić information content (AvgIpc) is 3.19. The molecule has 0 bridgehead atoms. The molecular formula is C21H25N3O6S. The Morgan fingerprint density at radius 3 is 2.55 bits per heavy atom. The summed E-state index contributed by atoms with van der Waals surface area (Å²) in [5.41, 5.74) is 0.863. The molecule has 0 saturated heterocycles. The van der Waals surface area contributed by atoms with E-state index in [9.17, 15) is 18.0 Å². The van der Waals surface area contributed by atoms with Gasteiger partial charge in [-0.1, -0.05) is 19.1 Å². The van der Waals surface area contributed by atoms with Gasteiger partial charge in [0.2, 0.25) is 22.7 Å². The van der Waals surface area contributed by atoms with Gasteiger partial charge >= 0.3 is 0 Å². The van der Waals surface area contributed by atoms with Crippen molar-refractivity contribution in [2.45, 2.75) is 26.3 Å². The van der Waals surface area contributed by atoms with Crippen molar-refractivity contribution < 1.29 is 27.5 Å². The van der Waals surface area contributed by atoms with Gasteiger partial charge in [0.05, 0.1) is 23.2 Å². The molecule has 3 rings (SSSR count). The number of ether oxygens (including phenoxy) is 2. The van der Waals surface area contributed by atoms with Gasteiger partial charge in [-0.3, -0.25) is 13.9 Å². The maximum absolute atomic E-state index is 12.7. The van der Waals surface area contributed by atoms with Crippen LogP contribution in [-0.2, 0) is 14.8 Å². The summed E-state index contributed by atoms with van der Waals surface area (Å²) in [5, 5.41) is 5.50. The largest absolute Gasteiger partial charge is 0.454 e. The smallest absolute Gasteiger partial charge is 0.253 e. The Labute approximate surface area is 181 Å². The first-order valence-electron chi connectivity index (χ1n) is 9.76. The Kier molecular flexibility index (Phi) is 6.69. The van der Waals surface area contributed by atoms with E-state index in [1.165, 1.54) is 12.1 Å². The lowest BCUT2D eigenvalue weighted by Crippen LogP contribution is -2.38. The zero-order valence-corrected chi connectivity index (χ0v) is 18.4. The number of rotatable bonds is 8. The van der Waals surface area contributed by atoms with Crippen LogP contribution in [0.4, 0.5) is 11.4 Å². The number of sulfonamides is 1. The molecule has 1 aliphatic heterocycles. The summed E-state index contributed by atoms with van der Waals surface area (Å²) in [6.07, 6.45) is 1.78. The summed E-state index contributed by atoms with van der Waals surface area (Å²) >= 11 is 0. The highest BCUT2D eigenvalue weighted by atomic mass is 32.2. The van der Waals surface area contributed by atoms with Crippen LogP contribution >= 0.6 is 0 Å². The Hall–Kier alpha value is -3.27. The van der Waals surface area contributed by atoms with E-state index in [0.717, 1.165) is 17.0 Å². The van der Waals surface area contributed by atoms with Gasteiger partial charge in [-0.2, -0.15) is 0 Å². The molecule has 0 spiro atoms. The van der Waals surface area contributed by atoms with Crippen molar-refractivity contribution >= 4 is 33.2 Å². The van der Waals surface area contributed by atoms with Crippen molar-refractivity contribution in [2.75, 3.05) is 29.2 Å². The van der Waals surface area contributed by atoms with Crippen LogP contribution in [-0.4, -0.2) is 45.9 Å². The number of benzene rings is 2. The summed E-state index contributed by atoms with van der Waals surface area (Å²) in [4.78, 5) is 25.3.